The van der Waals surface area contributed by atoms with E-state index in [0.717, 1.165) is 28.4 Å². The SMILES string of the molecule is Cc1c(Br)cccc1CC(=O)N(C1CC1)C(C)C(=O)O. The number of carboxylic acids is 1. The topological polar surface area (TPSA) is 57.6 Å². The van der Waals surface area contributed by atoms with Crippen molar-refractivity contribution in [1.29, 1.82) is 0 Å². The van der Waals surface area contributed by atoms with Crippen LogP contribution in [0.25, 0.3) is 0 Å². The van der Waals surface area contributed by atoms with Crippen molar-refractivity contribution >= 4 is 27.8 Å². The van der Waals surface area contributed by atoms with Gasteiger partial charge in [0, 0.05) is 10.5 Å². The summed E-state index contributed by atoms with van der Waals surface area (Å²) in [4.78, 5) is 25.1. The number of nitrogens with zero attached hydrogens (tertiary/aromatic N) is 1. The van der Waals surface area contributed by atoms with Crippen LogP contribution in [0.5, 0.6) is 0 Å². The normalized spacial score (nSPS) is 15.8. The summed E-state index contributed by atoms with van der Waals surface area (Å²) in [7, 11) is 0. The van der Waals surface area contributed by atoms with E-state index in [2.05, 4.69) is 15.9 Å². The first-order valence-corrected chi connectivity index (χ1v) is 7.49. The van der Waals surface area contributed by atoms with Crippen molar-refractivity contribution in [3.05, 3.63) is 33.8 Å². The van der Waals surface area contributed by atoms with Gasteiger partial charge in [0.15, 0.2) is 0 Å². The van der Waals surface area contributed by atoms with E-state index in [1.54, 1.807) is 6.92 Å². The van der Waals surface area contributed by atoms with E-state index in [1.165, 1.54) is 4.90 Å². The molecule has 1 saturated carbocycles. The zero-order chi connectivity index (χ0) is 14.9. The maximum atomic E-state index is 12.5. The Morgan fingerprint density at radius 3 is 2.65 bits per heavy atom. The van der Waals surface area contributed by atoms with Crippen molar-refractivity contribution in [2.75, 3.05) is 0 Å². The molecule has 0 bridgehead atoms. The Labute approximate surface area is 126 Å². The highest BCUT2D eigenvalue weighted by Crippen LogP contribution is 2.30. The zero-order valence-electron chi connectivity index (χ0n) is 11.6. The first-order valence-electron chi connectivity index (χ1n) is 6.69. The highest BCUT2D eigenvalue weighted by atomic mass is 79.9. The van der Waals surface area contributed by atoms with Crippen LogP contribution in [-0.4, -0.2) is 34.0 Å². The summed E-state index contributed by atoms with van der Waals surface area (Å²) in [6, 6.07) is 5.07. The van der Waals surface area contributed by atoms with Gasteiger partial charge in [-0.3, -0.25) is 4.79 Å². The first-order chi connectivity index (χ1) is 9.41. The summed E-state index contributed by atoms with van der Waals surface area (Å²) in [6.07, 6.45) is 2.06. The monoisotopic (exact) mass is 339 g/mol. The van der Waals surface area contributed by atoms with Crippen molar-refractivity contribution in [3.63, 3.8) is 0 Å². The van der Waals surface area contributed by atoms with Gasteiger partial charge in [0.05, 0.1) is 6.42 Å². The summed E-state index contributed by atoms with van der Waals surface area (Å²) >= 11 is 3.45. The van der Waals surface area contributed by atoms with Crippen LogP contribution < -0.4 is 0 Å². The van der Waals surface area contributed by atoms with Gasteiger partial charge < -0.3 is 10.0 Å². The van der Waals surface area contributed by atoms with E-state index >= 15 is 0 Å². The van der Waals surface area contributed by atoms with Crippen LogP contribution in [0.2, 0.25) is 0 Å². The number of aliphatic carboxylic acids is 1. The van der Waals surface area contributed by atoms with Crippen molar-refractivity contribution in [2.24, 2.45) is 0 Å². The van der Waals surface area contributed by atoms with E-state index in [0.29, 0.717) is 0 Å². The smallest absolute Gasteiger partial charge is 0.326 e. The predicted octanol–water partition coefficient (Wildman–Crippen LogP) is 2.76. The third-order valence-corrected chi connectivity index (χ3v) is 4.58. The summed E-state index contributed by atoms with van der Waals surface area (Å²) in [6.45, 7) is 3.53. The molecule has 20 heavy (non-hydrogen) atoms. The van der Waals surface area contributed by atoms with E-state index in [4.69, 9.17) is 5.11 Å². The lowest BCUT2D eigenvalue weighted by molar-refractivity contribution is -0.149. The molecule has 0 saturated heterocycles. The molecule has 0 aromatic heterocycles. The first kappa shape index (κ1) is 15.0. The van der Waals surface area contributed by atoms with Crippen LogP contribution in [0, 0.1) is 6.92 Å². The summed E-state index contributed by atoms with van der Waals surface area (Å²) in [5, 5.41) is 9.14. The van der Waals surface area contributed by atoms with Crippen molar-refractivity contribution < 1.29 is 14.7 Å². The largest absolute Gasteiger partial charge is 0.480 e. The molecule has 5 heteroatoms. The lowest BCUT2D eigenvalue weighted by Gasteiger charge is -2.26. The number of benzene rings is 1. The van der Waals surface area contributed by atoms with Crippen LogP contribution in [0.3, 0.4) is 0 Å². The Morgan fingerprint density at radius 1 is 1.45 bits per heavy atom. The number of halogens is 1. The van der Waals surface area contributed by atoms with Crippen LogP contribution in [0.15, 0.2) is 22.7 Å². The lowest BCUT2D eigenvalue weighted by Crippen LogP contribution is -2.45. The molecule has 1 amide bonds. The van der Waals surface area contributed by atoms with Crippen molar-refractivity contribution in [1.82, 2.24) is 4.90 Å². The molecule has 1 fully saturated rings. The zero-order valence-corrected chi connectivity index (χ0v) is 13.2. The summed E-state index contributed by atoms with van der Waals surface area (Å²) < 4.78 is 0.965. The van der Waals surface area contributed by atoms with Gasteiger partial charge in [-0.1, -0.05) is 28.1 Å². The number of rotatable bonds is 5. The second kappa shape index (κ2) is 5.95. The molecule has 108 valence electrons. The molecule has 1 aliphatic rings. The van der Waals surface area contributed by atoms with E-state index in [1.807, 2.05) is 25.1 Å². The number of carbonyl (C=O) groups is 2. The van der Waals surface area contributed by atoms with Gasteiger partial charge in [-0.15, -0.1) is 0 Å². The fraction of sp³-hybridized carbons (Fsp3) is 0.467. The molecule has 1 unspecified atom stereocenters. The molecular weight excluding hydrogens is 322 g/mol. The maximum Gasteiger partial charge on any atom is 0.326 e. The van der Waals surface area contributed by atoms with Gasteiger partial charge in [0.25, 0.3) is 0 Å². The minimum absolute atomic E-state index is 0.0982. The molecule has 1 atom stereocenters. The molecular formula is C15H18BrNO3. The number of carbonyl (C=O) groups excluding carboxylic acids is 1. The molecule has 0 radical (unpaired) electrons. The van der Waals surface area contributed by atoms with Gasteiger partial charge >= 0.3 is 5.97 Å². The number of hydrogen-bond donors (Lipinski definition) is 1. The average molecular weight is 340 g/mol. The van der Waals surface area contributed by atoms with Crippen molar-refractivity contribution in [3.8, 4) is 0 Å². The summed E-state index contributed by atoms with van der Waals surface area (Å²) in [5.41, 5.74) is 1.96. The van der Waals surface area contributed by atoms with E-state index in [9.17, 15) is 9.59 Å². The molecule has 1 aromatic carbocycles. The fourth-order valence-corrected chi connectivity index (χ4v) is 2.71. The quantitative estimate of drug-likeness (QED) is 0.897. The summed E-state index contributed by atoms with van der Waals surface area (Å²) in [5.74, 6) is -1.06. The Bertz CT molecular complexity index is 540. The minimum atomic E-state index is -0.948. The predicted molar refractivity (Wildman–Crippen MR) is 79.5 cm³/mol. The van der Waals surface area contributed by atoms with Crippen LogP contribution >= 0.6 is 15.9 Å². The van der Waals surface area contributed by atoms with Gasteiger partial charge in [0.2, 0.25) is 5.91 Å². The van der Waals surface area contributed by atoms with Gasteiger partial charge in [-0.2, -0.15) is 0 Å². The molecule has 1 aromatic rings. The molecule has 0 heterocycles. The van der Waals surface area contributed by atoms with Gasteiger partial charge in [-0.05, 0) is 43.9 Å². The highest BCUT2D eigenvalue weighted by molar-refractivity contribution is 9.10. The fourth-order valence-electron chi connectivity index (χ4n) is 2.31. The second-order valence-corrected chi connectivity index (χ2v) is 6.10. The lowest BCUT2D eigenvalue weighted by atomic mass is 10.0. The van der Waals surface area contributed by atoms with Crippen LogP contribution in [0.4, 0.5) is 0 Å². The number of carboxylic acid groups (broad SMARTS) is 1. The molecule has 1 N–H and O–H groups in total. The van der Waals surface area contributed by atoms with Gasteiger partial charge in [-0.25, -0.2) is 4.79 Å². The molecule has 0 aliphatic heterocycles. The van der Waals surface area contributed by atoms with Crippen LogP contribution in [0.1, 0.15) is 30.9 Å². The molecule has 1 aliphatic carbocycles. The van der Waals surface area contributed by atoms with Crippen LogP contribution in [-0.2, 0) is 16.0 Å². The molecule has 2 rings (SSSR count). The molecule has 4 nitrogen and oxygen atoms in total. The van der Waals surface area contributed by atoms with Gasteiger partial charge in [0.1, 0.15) is 6.04 Å². The number of amides is 1. The Morgan fingerprint density at radius 2 is 2.10 bits per heavy atom. The Hall–Kier alpha value is -1.36. The standard InChI is InChI=1S/C15H18BrNO3/c1-9-11(4-3-5-13(9)16)8-14(18)17(12-6-7-12)10(2)15(19)20/h3-5,10,12H,6-8H2,1-2H3,(H,19,20). The minimum Gasteiger partial charge on any atom is -0.480 e. The Balaban J connectivity index is 2.16. The number of hydrogen-bond acceptors (Lipinski definition) is 2. The third-order valence-electron chi connectivity index (χ3n) is 3.72. The second-order valence-electron chi connectivity index (χ2n) is 5.25. The third kappa shape index (κ3) is 3.20. The molecule has 0 spiro atoms. The van der Waals surface area contributed by atoms with Crippen molar-refractivity contribution in [2.45, 2.75) is 45.2 Å². The van der Waals surface area contributed by atoms with E-state index in [-0.39, 0.29) is 18.4 Å². The highest BCUT2D eigenvalue weighted by Gasteiger charge is 2.38. The Kier molecular flexibility index (Phi) is 4.48. The average Bonchev–Trinajstić information content (AvgIpc) is 3.19. The maximum absolute atomic E-state index is 12.5. The van der Waals surface area contributed by atoms with E-state index < -0.39 is 12.0 Å².